The summed E-state index contributed by atoms with van der Waals surface area (Å²) < 4.78 is 5.56. The maximum absolute atomic E-state index is 12.6. The van der Waals surface area contributed by atoms with Gasteiger partial charge in [0.15, 0.2) is 0 Å². The number of aliphatic hydroxyl groups is 1. The van der Waals surface area contributed by atoms with Gasteiger partial charge in [-0.25, -0.2) is 4.79 Å². The number of anilines is 1. The van der Waals surface area contributed by atoms with Gasteiger partial charge in [0.25, 0.3) is 0 Å². The minimum Gasteiger partial charge on any atom is -0.444 e. The van der Waals surface area contributed by atoms with Gasteiger partial charge < -0.3 is 19.6 Å². The summed E-state index contributed by atoms with van der Waals surface area (Å²) >= 11 is 0. The van der Waals surface area contributed by atoms with E-state index in [2.05, 4.69) is 34.0 Å². The first-order valence-electron chi connectivity index (χ1n) is 11.3. The Morgan fingerprint density at radius 3 is 2.59 bits per heavy atom. The largest absolute Gasteiger partial charge is 0.444 e. The monoisotopic (exact) mass is 438 g/mol. The van der Waals surface area contributed by atoms with Crippen molar-refractivity contribution in [1.29, 1.82) is 0 Å². The number of ether oxygens (including phenoxy) is 1. The van der Waals surface area contributed by atoms with Crippen LogP contribution in [0.1, 0.15) is 62.2 Å². The third-order valence-corrected chi connectivity index (χ3v) is 6.26. The number of hydrogen-bond acceptors (Lipinski definition) is 6. The minimum atomic E-state index is -0.824. The Morgan fingerprint density at radius 1 is 1.19 bits per heavy atom. The average Bonchev–Trinajstić information content (AvgIpc) is 3.09. The van der Waals surface area contributed by atoms with Crippen LogP contribution in [-0.2, 0) is 11.3 Å². The van der Waals surface area contributed by atoms with E-state index in [1.54, 1.807) is 11.1 Å². The van der Waals surface area contributed by atoms with Gasteiger partial charge in [-0.2, -0.15) is 0 Å². The van der Waals surface area contributed by atoms with Gasteiger partial charge in [0, 0.05) is 38.1 Å². The Kier molecular flexibility index (Phi) is 6.14. The van der Waals surface area contributed by atoms with Gasteiger partial charge in [-0.1, -0.05) is 12.1 Å². The van der Waals surface area contributed by atoms with Crippen molar-refractivity contribution in [2.75, 3.05) is 38.1 Å². The highest BCUT2D eigenvalue weighted by Crippen LogP contribution is 2.36. The van der Waals surface area contributed by atoms with Gasteiger partial charge >= 0.3 is 6.09 Å². The van der Waals surface area contributed by atoms with Crippen molar-refractivity contribution >= 4 is 11.8 Å². The number of amides is 1. The Hall–Kier alpha value is -2.64. The number of carbonyl (C=O) groups excluding carboxylic acids is 1. The van der Waals surface area contributed by atoms with E-state index < -0.39 is 11.7 Å². The molecule has 1 N–H and O–H groups in total. The maximum atomic E-state index is 12.6. The molecular weight excluding hydrogens is 404 g/mol. The van der Waals surface area contributed by atoms with E-state index in [1.807, 2.05) is 45.9 Å². The lowest BCUT2D eigenvalue weighted by Crippen LogP contribution is -2.44. The minimum absolute atomic E-state index is 0.134. The summed E-state index contributed by atoms with van der Waals surface area (Å²) in [7, 11) is 2.14. The molecule has 1 aromatic carbocycles. The molecule has 1 fully saturated rings. The summed E-state index contributed by atoms with van der Waals surface area (Å²) in [5, 5.41) is 11.1. The molecule has 0 saturated carbocycles. The summed E-state index contributed by atoms with van der Waals surface area (Å²) in [5.74, 6) is 0. The van der Waals surface area contributed by atoms with Crippen molar-refractivity contribution in [3.63, 3.8) is 0 Å². The maximum Gasteiger partial charge on any atom is 0.411 e. The quantitative estimate of drug-likeness (QED) is 0.788. The van der Waals surface area contributed by atoms with Crippen LogP contribution in [0.25, 0.3) is 0 Å². The van der Waals surface area contributed by atoms with E-state index >= 15 is 0 Å². The summed E-state index contributed by atoms with van der Waals surface area (Å²) in [6, 6.07) is 9.88. The zero-order valence-corrected chi connectivity index (χ0v) is 19.7. The van der Waals surface area contributed by atoms with Crippen LogP contribution in [0.2, 0.25) is 0 Å². The smallest absolute Gasteiger partial charge is 0.411 e. The summed E-state index contributed by atoms with van der Waals surface area (Å²) in [5.41, 5.74) is 4.00. The Labute approximate surface area is 190 Å². The lowest BCUT2D eigenvalue weighted by atomic mass is 10.0. The topological polar surface area (TPSA) is 69.1 Å². The van der Waals surface area contributed by atoms with Gasteiger partial charge in [-0.05, 0) is 69.6 Å². The van der Waals surface area contributed by atoms with Crippen molar-refractivity contribution in [3.8, 4) is 0 Å². The Bertz CT molecular complexity index is 979. The van der Waals surface area contributed by atoms with Gasteiger partial charge in [-0.15, -0.1) is 0 Å². The molecule has 32 heavy (non-hydrogen) atoms. The van der Waals surface area contributed by atoms with E-state index in [9.17, 15) is 9.90 Å². The van der Waals surface area contributed by atoms with E-state index in [1.165, 1.54) is 0 Å². The highest BCUT2D eigenvalue weighted by atomic mass is 16.6. The lowest BCUT2D eigenvalue weighted by molar-refractivity contribution is 0.0187. The Morgan fingerprint density at radius 2 is 1.91 bits per heavy atom. The highest BCUT2D eigenvalue weighted by Gasteiger charge is 2.34. The molecule has 2 aromatic rings. The molecule has 4 rings (SSSR count). The lowest BCUT2D eigenvalue weighted by Gasteiger charge is -2.34. The van der Waals surface area contributed by atoms with Crippen molar-refractivity contribution in [2.24, 2.45) is 0 Å². The fourth-order valence-corrected chi connectivity index (χ4v) is 4.35. The average molecular weight is 439 g/mol. The molecule has 7 heteroatoms. The predicted molar refractivity (Wildman–Crippen MR) is 125 cm³/mol. The number of pyridine rings is 1. The first-order valence-corrected chi connectivity index (χ1v) is 11.3. The van der Waals surface area contributed by atoms with Crippen LogP contribution in [0, 0.1) is 0 Å². The third kappa shape index (κ3) is 4.74. The molecule has 0 radical (unpaired) electrons. The number of fused-ring (bicyclic) bond motifs is 1. The number of carbonyl (C=O) groups is 1. The third-order valence-electron chi connectivity index (χ3n) is 6.26. The number of piperazine rings is 1. The second kappa shape index (κ2) is 8.71. The van der Waals surface area contributed by atoms with Crippen LogP contribution in [0.4, 0.5) is 10.5 Å². The summed E-state index contributed by atoms with van der Waals surface area (Å²) in [4.78, 5) is 23.5. The summed E-state index contributed by atoms with van der Waals surface area (Å²) in [6.07, 6.45) is 0.623. The molecule has 7 nitrogen and oxygen atoms in total. The van der Waals surface area contributed by atoms with Crippen molar-refractivity contribution in [1.82, 2.24) is 14.8 Å². The fourth-order valence-electron chi connectivity index (χ4n) is 4.35. The van der Waals surface area contributed by atoms with Gasteiger partial charge in [0.2, 0.25) is 0 Å². The highest BCUT2D eigenvalue weighted by molar-refractivity contribution is 5.70. The van der Waals surface area contributed by atoms with E-state index in [4.69, 9.17) is 4.74 Å². The first-order chi connectivity index (χ1) is 15.1. The summed E-state index contributed by atoms with van der Waals surface area (Å²) in [6.45, 7) is 12.1. The fraction of sp³-hybridized carbons (Fsp3) is 0.520. The molecule has 2 atom stereocenters. The number of rotatable bonds is 3. The van der Waals surface area contributed by atoms with Crippen molar-refractivity contribution < 1.29 is 14.6 Å². The van der Waals surface area contributed by atoms with Gasteiger partial charge in [0.05, 0.1) is 18.3 Å². The number of likely N-dealkylation sites (N-methyl/N-ethyl adjacent to an activating group) is 1. The second-order valence-electron chi connectivity index (χ2n) is 9.88. The van der Waals surface area contributed by atoms with Crippen molar-refractivity contribution in [2.45, 2.75) is 52.0 Å². The predicted octanol–water partition coefficient (Wildman–Crippen LogP) is 3.73. The van der Waals surface area contributed by atoms with E-state index in [0.717, 1.165) is 48.6 Å². The molecule has 1 amide bonds. The zero-order valence-electron chi connectivity index (χ0n) is 19.7. The molecular formula is C25H34N4O3. The molecule has 3 heterocycles. The normalized spacial score (nSPS) is 20.2. The van der Waals surface area contributed by atoms with Crippen LogP contribution in [0.15, 0.2) is 36.5 Å². The van der Waals surface area contributed by atoms with Crippen LogP contribution in [0.5, 0.6) is 0 Å². The van der Waals surface area contributed by atoms with Gasteiger partial charge in [0.1, 0.15) is 11.7 Å². The molecule has 2 aliphatic heterocycles. The number of hydrogen-bond donors (Lipinski definition) is 1. The van der Waals surface area contributed by atoms with Crippen LogP contribution < -0.4 is 4.90 Å². The molecule has 172 valence electrons. The molecule has 1 aromatic heterocycles. The number of benzene rings is 1. The van der Waals surface area contributed by atoms with Crippen LogP contribution in [-0.4, -0.2) is 64.8 Å². The SMILES string of the molecule is CC1c2cc(C(O)c3cccc(N4CCN(C)CC4)c3)ncc2CN1C(=O)OC(C)(C)C. The first kappa shape index (κ1) is 22.6. The van der Waals surface area contributed by atoms with E-state index in [-0.39, 0.29) is 12.1 Å². The molecule has 0 bridgehead atoms. The zero-order chi connectivity index (χ0) is 23.0. The van der Waals surface area contributed by atoms with E-state index in [0.29, 0.717) is 12.2 Å². The molecule has 2 unspecified atom stereocenters. The van der Waals surface area contributed by atoms with Crippen LogP contribution >= 0.6 is 0 Å². The standard InChI is InChI=1S/C25H34N4O3/c1-17-21-14-22(26-15-19(21)16-29(17)24(31)32-25(2,3)4)23(30)18-7-6-8-20(13-18)28-11-9-27(5)10-12-28/h6-8,13-15,17,23,30H,9-12,16H2,1-5H3. The molecule has 0 spiro atoms. The molecule has 2 aliphatic rings. The molecule has 1 saturated heterocycles. The number of aliphatic hydroxyl groups excluding tert-OH is 1. The van der Waals surface area contributed by atoms with Gasteiger partial charge in [-0.3, -0.25) is 9.88 Å². The molecule has 0 aliphatic carbocycles. The van der Waals surface area contributed by atoms with Crippen molar-refractivity contribution in [3.05, 3.63) is 58.9 Å². The number of nitrogens with zero attached hydrogens (tertiary/aromatic N) is 4. The number of aromatic nitrogens is 1. The second-order valence-corrected chi connectivity index (χ2v) is 9.88. The Balaban J connectivity index is 1.52. The van der Waals surface area contributed by atoms with Crippen LogP contribution in [0.3, 0.4) is 0 Å².